The van der Waals surface area contributed by atoms with Crippen molar-refractivity contribution < 1.29 is 22.3 Å². The highest BCUT2D eigenvalue weighted by Gasteiger charge is 2.13. The Balaban J connectivity index is -0.0000000990. The van der Waals surface area contributed by atoms with E-state index in [0.717, 1.165) is 6.61 Å². The molecule has 0 aromatic rings. The molecule has 1 rings (SSSR count). The van der Waals surface area contributed by atoms with Gasteiger partial charge in [0.2, 0.25) is 0 Å². The van der Waals surface area contributed by atoms with Gasteiger partial charge in [0.1, 0.15) is 0 Å². The van der Waals surface area contributed by atoms with Gasteiger partial charge in [0.05, 0.1) is 12.7 Å². The largest absolute Gasteiger partial charge is 0.394 e. The molecule has 8 heteroatoms. The Kier molecular flexibility index (Phi) is 9.99. The average Bonchev–Trinajstić information content (AvgIpc) is 2.13. The van der Waals surface area contributed by atoms with Crippen LogP contribution in [0.5, 0.6) is 0 Å². The summed E-state index contributed by atoms with van der Waals surface area (Å²) in [5, 5.41) is 0. The highest BCUT2D eigenvalue weighted by Crippen LogP contribution is 2.04. The fraction of sp³-hybridized carbons (Fsp3) is 1.00. The predicted octanol–water partition coefficient (Wildman–Crippen LogP) is 0.0763. The molecular formula is C3H14N2O5S. The first-order valence-electron chi connectivity index (χ1n) is 2.21. The van der Waals surface area contributed by atoms with E-state index in [4.69, 9.17) is 22.3 Å². The summed E-state index contributed by atoms with van der Waals surface area (Å²) < 4.78 is 36.3. The van der Waals surface area contributed by atoms with Gasteiger partial charge in [-0.25, -0.2) is 0 Å². The van der Waals surface area contributed by atoms with Crippen LogP contribution in [-0.4, -0.2) is 30.2 Å². The SMILES string of the molecule is CC1CO1.N.N.O=S(=O)(O)O. The van der Waals surface area contributed by atoms with Gasteiger partial charge >= 0.3 is 10.4 Å². The summed E-state index contributed by atoms with van der Waals surface area (Å²) in [5.41, 5.74) is 0. The Labute approximate surface area is 65.5 Å². The Morgan fingerprint density at radius 2 is 1.45 bits per heavy atom. The van der Waals surface area contributed by atoms with Crippen LogP contribution >= 0.6 is 0 Å². The molecule has 0 aliphatic carbocycles. The molecule has 1 aliphatic heterocycles. The summed E-state index contributed by atoms with van der Waals surface area (Å²) >= 11 is 0. The van der Waals surface area contributed by atoms with Gasteiger partial charge in [0.15, 0.2) is 0 Å². The Morgan fingerprint density at radius 1 is 1.36 bits per heavy atom. The molecule has 1 fully saturated rings. The number of rotatable bonds is 0. The number of epoxide rings is 1. The molecule has 0 radical (unpaired) electrons. The van der Waals surface area contributed by atoms with Crippen LogP contribution in [0.4, 0.5) is 0 Å². The minimum atomic E-state index is -4.67. The van der Waals surface area contributed by atoms with Crippen molar-refractivity contribution in [2.45, 2.75) is 13.0 Å². The van der Waals surface area contributed by atoms with Gasteiger partial charge in [0, 0.05) is 0 Å². The van der Waals surface area contributed by atoms with Gasteiger partial charge in [-0.1, -0.05) is 0 Å². The third kappa shape index (κ3) is 77.4. The van der Waals surface area contributed by atoms with E-state index in [-0.39, 0.29) is 12.3 Å². The second-order valence-corrected chi connectivity index (χ2v) is 2.49. The maximum Gasteiger partial charge on any atom is 0.394 e. The summed E-state index contributed by atoms with van der Waals surface area (Å²) in [6, 6.07) is 0. The molecule has 0 aromatic carbocycles. The lowest BCUT2D eigenvalue weighted by atomic mass is 10.6. The normalized spacial score (nSPS) is 19.7. The minimum Gasteiger partial charge on any atom is -0.373 e. The van der Waals surface area contributed by atoms with Gasteiger partial charge in [-0.15, -0.1) is 0 Å². The van der Waals surface area contributed by atoms with Crippen LogP contribution in [0, 0.1) is 0 Å². The summed E-state index contributed by atoms with van der Waals surface area (Å²) in [5.74, 6) is 0. The van der Waals surface area contributed by atoms with E-state index >= 15 is 0 Å². The highest BCUT2D eigenvalue weighted by molar-refractivity contribution is 7.79. The standard InChI is InChI=1S/C3H6O.2H3N.H2O4S/c1-3-2-4-3;;;1-5(2,3)4/h3H,2H2,1H3;2*1H3;(H2,1,2,3,4). The van der Waals surface area contributed by atoms with Crippen LogP contribution in [0.15, 0.2) is 0 Å². The van der Waals surface area contributed by atoms with Crippen molar-refractivity contribution in [3.8, 4) is 0 Å². The lowest BCUT2D eigenvalue weighted by Gasteiger charge is -1.68. The minimum absolute atomic E-state index is 0. The van der Waals surface area contributed by atoms with Crippen LogP contribution in [0.25, 0.3) is 0 Å². The first kappa shape index (κ1) is 17.0. The van der Waals surface area contributed by atoms with Crippen LogP contribution in [0.3, 0.4) is 0 Å². The summed E-state index contributed by atoms with van der Waals surface area (Å²) in [6.45, 7) is 3.04. The van der Waals surface area contributed by atoms with Gasteiger partial charge in [0.25, 0.3) is 0 Å². The summed E-state index contributed by atoms with van der Waals surface area (Å²) in [4.78, 5) is 0. The average molecular weight is 190 g/mol. The van der Waals surface area contributed by atoms with Crippen LogP contribution in [-0.2, 0) is 15.1 Å². The zero-order chi connectivity index (χ0) is 7.49. The van der Waals surface area contributed by atoms with Crippen LogP contribution in [0.2, 0.25) is 0 Å². The lowest BCUT2D eigenvalue weighted by Crippen LogP contribution is -1.89. The number of hydrogen-bond donors (Lipinski definition) is 4. The third-order valence-electron chi connectivity index (χ3n) is 0.500. The van der Waals surface area contributed by atoms with Crippen LogP contribution < -0.4 is 12.3 Å². The first-order valence-corrected chi connectivity index (χ1v) is 3.61. The third-order valence-corrected chi connectivity index (χ3v) is 0.500. The van der Waals surface area contributed by atoms with Gasteiger partial charge < -0.3 is 17.0 Å². The molecular weight excluding hydrogens is 176 g/mol. The molecule has 72 valence electrons. The Hall–Kier alpha value is -0.250. The smallest absolute Gasteiger partial charge is 0.373 e. The summed E-state index contributed by atoms with van der Waals surface area (Å²) in [7, 11) is -4.67. The molecule has 11 heavy (non-hydrogen) atoms. The van der Waals surface area contributed by atoms with Gasteiger partial charge in [-0.05, 0) is 6.92 Å². The summed E-state index contributed by atoms with van der Waals surface area (Å²) in [6.07, 6.45) is 0.583. The van der Waals surface area contributed by atoms with Crippen molar-refractivity contribution in [2.75, 3.05) is 6.61 Å². The molecule has 1 atom stereocenters. The van der Waals surface area contributed by atoms with E-state index in [9.17, 15) is 0 Å². The van der Waals surface area contributed by atoms with E-state index in [2.05, 4.69) is 6.92 Å². The van der Waals surface area contributed by atoms with E-state index in [0.29, 0.717) is 6.10 Å². The molecule has 0 bridgehead atoms. The molecule has 0 spiro atoms. The van der Waals surface area contributed by atoms with Crippen molar-refractivity contribution in [1.82, 2.24) is 12.3 Å². The molecule has 1 heterocycles. The number of hydrogen-bond acceptors (Lipinski definition) is 5. The molecule has 0 saturated carbocycles. The van der Waals surface area contributed by atoms with Crippen molar-refractivity contribution in [1.29, 1.82) is 0 Å². The van der Waals surface area contributed by atoms with E-state index in [1.807, 2.05) is 0 Å². The second-order valence-electron chi connectivity index (χ2n) is 1.59. The quantitative estimate of drug-likeness (QED) is 0.311. The first-order chi connectivity index (χ1) is 3.89. The maximum absolute atomic E-state index is 8.74. The topological polar surface area (TPSA) is 157 Å². The molecule has 1 saturated heterocycles. The highest BCUT2D eigenvalue weighted by atomic mass is 32.3. The molecule has 0 amide bonds. The molecule has 1 unspecified atom stereocenters. The van der Waals surface area contributed by atoms with Gasteiger partial charge in [-0.3, -0.25) is 9.11 Å². The number of ether oxygens (including phenoxy) is 1. The van der Waals surface area contributed by atoms with Crippen molar-refractivity contribution in [3.63, 3.8) is 0 Å². The molecule has 8 N–H and O–H groups in total. The van der Waals surface area contributed by atoms with Crippen molar-refractivity contribution in [3.05, 3.63) is 0 Å². The molecule has 7 nitrogen and oxygen atoms in total. The van der Waals surface area contributed by atoms with E-state index in [1.165, 1.54) is 0 Å². The fourth-order valence-corrected chi connectivity index (χ4v) is 0.0962. The molecule has 1 aliphatic rings. The van der Waals surface area contributed by atoms with Crippen molar-refractivity contribution >= 4 is 10.4 Å². The van der Waals surface area contributed by atoms with Crippen LogP contribution in [0.1, 0.15) is 6.92 Å². The Bertz CT molecular complexity index is 155. The molecule has 0 aromatic heterocycles. The van der Waals surface area contributed by atoms with E-state index < -0.39 is 10.4 Å². The predicted molar refractivity (Wildman–Crippen MR) is 39.6 cm³/mol. The zero-order valence-electron chi connectivity index (χ0n) is 6.23. The fourth-order valence-electron chi connectivity index (χ4n) is 0.0962. The van der Waals surface area contributed by atoms with E-state index in [1.54, 1.807) is 0 Å². The zero-order valence-corrected chi connectivity index (χ0v) is 7.04. The second kappa shape index (κ2) is 6.46. The van der Waals surface area contributed by atoms with Gasteiger partial charge in [-0.2, -0.15) is 8.42 Å². The lowest BCUT2D eigenvalue weighted by molar-refractivity contribution is 0.381. The van der Waals surface area contributed by atoms with Crippen molar-refractivity contribution in [2.24, 2.45) is 0 Å². The maximum atomic E-state index is 8.74. The Morgan fingerprint density at radius 3 is 1.45 bits per heavy atom. The monoisotopic (exact) mass is 190 g/mol.